The van der Waals surface area contributed by atoms with Gasteiger partial charge in [0.2, 0.25) is 0 Å². The van der Waals surface area contributed by atoms with Crippen LogP contribution in [-0.2, 0) is 0 Å². The van der Waals surface area contributed by atoms with Gasteiger partial charge in [-0.3, -0.25) is 4.79 Å². The minimum Gasteiger partial charge on any atom is -0.497 e. The first kappa shape index (κ1) is 16.8. The van der Waals surface area contributed by atoms with Crippen molar-refractivity contribution in [3.63, 3.8) is 0 Å². The highest BCUT2D eigenvalue weighted by Crippen LogP contribution is 2.27. The van der Waals surface area contributed by atoms with Crippen molar-refractivity contribution < 1.29 is 9.53 Å². The van der Waals surface area contributed by atoms with Crippen LogP contribution in [0.15, 0.2) is 60.8 Å². The van der Waals surface area contributed by atoms with Crippen LogP contribution in [0.5, 0.6) is 5.75 Å². The summed E-state index contributed by atoms with van der Waals surface area (Å²) < 4.78 is 7.05. The number of nitrogens with zero attached hydrogens (tertiary/aromatic N) is 3. The number of hydrogen-bond acceptors (Lipinski definition) is 3. The number of benzene rings is 2. The molecule has 0 aliphatic heterocycles. The third-order valence-corrected chi connectivity index (χ3v) is 4.13. The average molecular weight is 335 g/mol. The molecule has 5 nitrogen and oxygen atoms in total. The molecule has 0 aliphatic rings. The van der Waals surface area contributed by atoms with Crippen LogP contribution in [-0.4, -0.2) is 41.3 Å². The third-order valence-electron chi connectivity index (χ3n) is 4.13. The van der Waals surface area contributed by atoms with Crippen LogP contribution < -0.4 is 4.74 Å². The fourth-order valence-corrected chi connectivity index (χ4v) is 2.58. The lowest BCUT2D eigenvalue weighted by molar-refractivity contribution is 0.0803. The van der Waals surface area contributed by atoms with Crippen LogP contribution >= 0.6 is 0 Å². The number of ether oxygens (including phenoxy) is 1. The van der Waals surface area contributed by atoms with E-state index in [0.717, 1.165) is 17.0 Å². The summed E-state index contributed by atoms with van der Waals surface area (Å²) in [4.78, 5) is 14.5. The lowest BCUT2D eigenvalue weighted by Crippen LogP contribution is -2.26. The van der Waals surface area contributed by atoms with Crippen molar-refractivity contribution in [2.45, 2.75) is 6.92 Å². The summed E-state index contributed by atoms with van der Waals surface area (Å²) in [7, 11) is 3.41. The van der Waals surface area contributed by atoms with E-state index in [-0.39, 0.29) is 5.91 Å². The minimum atomic E-state index is -0.0532. The Kier molecular flexibility index (Phi) is 4.84. The Morgan fingerprint density at radius 3 is 2.60 bits per heavy atom. The molecular weight excluding hydrogens is 314 g/mol. The van der Waals surface area contributed by atoms with Crippen LogP contribution in [0.4, 0.5) is 0 Å². The van der Waals surface area contributed by atoms with Crippen molar-refractivity contribution in [1.82, 2.24) is 14.7 Å². The van der Waals surface area contributed by atoms with Crippen molar-refractivity contribution in [3.05, 3.63) is 66.4 Å². The molecule has 1 aromatic heterocycles. The van der Waals surface area contributed by atoms with E-state index < -0.39 is 0 Å². The average Bonchev–Trinajstić information content (AvgIpc) is 3.13. The number of carbonyl (C=O) groups excluding carboxylic acids is 1. The van der Waals surface area contributed by atoms with Gasteiger partial charge in [0.15, 0.2) is 0 Å². The monoisotopic (exact) mass is 335 g/mol. The predicted octanol–water partition coefficient (Wildman–Crippen LogP) is 3.64. The highest BCUT2D eigenvalue weighted by atomic mass is 16.5. The number of carbonyl (C=O) groups is 1. The number of para-hydroxylation sites is 1. The Hall–Kier alpha value is -3.08. The maximum Gasteiger partial charge on any atom is 0.257 e. The van der Waals surface area contributed by atoms with Crippen LogP contribution in [0.3, 0.4) is 0 Å². The fraction of sp³-hybridized carbons (Fsp3) is 0.200. The molecule has 128 valence electrons. The summed E-state index contributed by atoms with van der Waals surface area (Å²) in [6, 6.07) is 17.4. The van der Waals surface area contributed by atoms with E-state index >= 15 is 0 Å². The number of aromatic nitrogens is 2. The standard InChI is InChI=1S/C20H21N3O2/c1-4-22(2)20(24)18-14-23(16-10-6-5-7-11-16)21-19(18)15-9-8-12-17(13-15)25-3/h5-14H,4H2,1-3H3. The van der Waals surface area contributed by atoms with Crippen molar-refractivity contribution in [2.75, 3.05) is 20.7 Å². The van der Waals surface area contributed by atoms with Gasteiger partial charge in [0.25, 0.3) is 5.91 Å². The maximum absolute atomic E-state index is 12.8. The van der Waals surface area contributed by atoms with Gasteiger partial charge in [-0.25, -0.2) is 4.68 Å². The van der Waals surface area contributed by atoms with Crippen LogP contribution in [0.25, 0.3) is 16.9 Å². The molecule has 2 aromatic carbocycles. The normalized spacial score (nSPS) is 10.5. The summed E-state index contributed by atoms with van der Waals surface area (Å²) in [5, 5.41) is 4.68. The number of methoxy groups -OCH3 is 1. The van der Waals surface area contributed by atoms with E-state index in [1.165, 1.54) is 0 Å². The molecule has 0 fully saturated rings. The molecular formula is C20H21N3O2. The van der Waals surface area contributed by atoms with Crippen molar-refractivity contribution in [1.29, 1.82) is 0 Å². The molecule has 25 heavy (non-hydrogen) atoms. The molecule has 3 aromatic rings. The Bertz CT molecular complexity index is 872. The minimum absolute atomic E-state index is 0.0532. The largest absolute Gasteiger partial charge is 0.497 e. The molecule has 0 atom stereocenters. The Morgan fingerprint density at radius 1 is 1.16 bits per heavy atom. The van der Waals surface area contributed by atoms with Crippen LogP contribution in [0.1, 0.15) is 17.3 Å². The highest BCUT2D eigenvalue weighted by Gasteiger charge is 2.21. The van der Waals surface area contributed by atoms with E-state index in [0.29, 0.717) is 17.8 Å². The quantitative estimate of drug-likeness (QED) is 0.715. The first-order valence-corrected chi connectivity index (χ1v) is 8.19. The Balaban J connectivity index is 2.14. The molecule has 0 aliphatic carbocycles. The van der Waals surface area contributed by atoms with E-state index in [4.69, 9.17) is 4.74 Å². The van der Waals surface area contributed by atoms with Crippen molar-refractivity contribution in [2.24, 2.45) is 0 Å². The van der Waals surface area contributed by atoms with Gasteiger partial charge < -0.3 is 9.64 Å². The topological polar surface area (TPSA) is 47.4 Å². The van der Waals surface area contributed by atoms with Gasteiger partial charge in [0, 0.05) is 25.4 Å². The van der Waals surface area contributed by atoms with E-state index in [1.807, 2.05) is 61.5 Å². The molecule has 3 rings (SSSR count). The van der Waals surface area contributed by atoms with E-state index in [9.17, 15) is 4.79 Å². The Morgan fingerprint density at radius 2 is 1.92 bits per heavy atom. The summed E-state index contributed by atoms with van der Waals surface area (Å²) in [6.07, 6.45) is 1.79. The van der Waals surface area contributed by atoms with Crippen molar-refractivity contribution >= 4 is 5.91 Å². The molecule has 0 bridgehead atoms. The zero-order valence-corrected chi connectivity index (χ0v) is 14.6. The first-order chi connectivity index (χ1) is 12.1. The summed E-state index contributed by atoms with van der Waals surface area (Å²) in [5.74, 6) is 0.677. The van der Waals surface area contributed by atoms with Crippen molar-refractivity contribution in [3.8, 4) is 22.7 Å². The zero-order chi connectivity index (χ0) is 17.8. The number of rotatable bonds is 5. The molecule has 0 spiro atoms. The SMILES string of the molecule is CCN(C)C(=O)c1cn(-c2ccccc2)nc1-c1cccc(OC)c1. The van der Waals surface area contributed by atoms with Gasteiger partial charge in [0.1, 0.15) is 11.4 Å². The van der Waals surface area contributed by atoms with Gasteiger partial charge in [-0.2, -0.15) is 5.10 Å². The van der Waals surface area contributed by atoms with Gasteiger partial charge in [-0.1, -0.05) is 30.3 Å². The van der Waals surface area contributed by atoms with Gasteiger partial charge >= 0.3 is 0 Å². The van der Waals surface area contributed by atoms with Crippen LogP contribution in [0.2, 0.25) is 0 Å². The molecule has 0 N–H and O–H groups in total. The predicted molar refractivity (Wildman–Crippen MR) is 98.2 cm³/mol. The molecule has 0 radical (unpaired) electrons. The molecule has 1 heterocycles. The summed E-state index contributed by atoms with van der Waals surface area (Å²) in [6.45, 7) is 2.58. The number of hydrogen-bond donors (Lipinski definition) is 0. The molecule has 1 amide bonds. The lowest BCUT2D eigenvalue weighted by Gasteiger charge is -2.14. The first-order valence-electron chi connectivity index (χ1n) is 8.19. The second-order valence-electron chi connectivity index (χ2n) is 5.72. The van der Waals surface area contributed by atoms with E-state index in [1.54, 1.807) is 29.9 Å². The second kappa shape index (κ2) is 7.21. The maximum atomic E-state index is 12.8. The Labute approximate surface area is 147 Å². The lowest BCUT2D eigenvalue weighted by atomic mass is 10.1. The number of amides is 1. The third kappa shape index (κ3) is 3.40. The molecule has 0 unspecified atom stereocenters. The summed E-state index contributed by atoms with van der Waals surface area (Å²) >= 11 is 0. The molecule has 5 heteroatoms. The highest BCUT2D eigenvalue weighted by molar-refractivity contribution is 5.99. The smallest absolute Gasteiger partial charge is 0.257 e. The van der Waals surface area contributed by atoms with E-state index in [2.05, 4.69) is 5.10 Å². The van der Waals surface area contributed by atoms with Gasteiger partial charge in [-0.05, 0) is 31.2 Å². The fourth-order valence-electron chi connectivity index (χ4n) is 2.58. The molecule has 0 saturated carbocycles. The molecule has 0 saturated heterocycles. The zero-order valence-electron chi connectivity index (χ0n) is 14.6. The summed E-state index contributed by atoms with van der Waals surface area (Å²) in [5.41, 5.74) is 2.97. The van der Waals surface area contributed by atoms with Gasteiger partial charge in [0.05, 0.1) is 18.4 Å². The van der Waals surface area contributed by atoms with Crippen LogP contribution in [0, 0.1) is 0 Å². The second-order valence-corrected chi connectivity index (χ2v) is 5.72. The van der Waals surface area contributed by atoms with Gasteiger partial charge in [-0.15, -0.1) is 0 Å².